The molecule has 1 aliphatic carbocycles. The molecule has 28 heavy (non-hydrogen) atoms. The van der Waals surface area contributed by atoms with Gasteiger partial charge in [-0.25, -0.2) is 4.39 Å². The number of amidine groups is 1. The summed E-state index contributed by atoms with van der Waals surface area (Å²) in [5.41, 5.74) is 7.74. The van der Waals surface area contributed by atoms with Gasteiger partial charge in [0.05, 0.1) is 5.54 Å². The summed E-state index contributed by atoms with van der Waals surface area (Å²) in [6, 6.07) is 9.80. The standard InChI is InChI=1S/C21H21ClFN3OS/c1-12-9-14(22)4-6-16(12)19(27)25-15-5-7-18(23)17(10-15)21-8-2-3-13(21)11-28-20(24)26-21/h4-7,9-10,13H,2-3,8,11H2,1H3,(H2,24,26)(H,25,27)/t13-,21-/m0/s1. The van der Waals surface area contributed by atoms with E-state index in [1.165, 1.54) is 17.8 Å². The van der Waals surface area contributed by atoms with E-state index in [9.17, 15) is 9.18 Å². The predicted octanol–water partition coefficient (Wildman–Crippen LogP) is 5.10. The van der Waals surface area contributed by atoms with E-state index in [4.69, 9.17) is 22.3 Å². The first-order valence-electron chi connectivity index (χ1n) is 9.25. The number of nitrogens with one attached hydrogen (secondary N) is 1. The Morgan fingerprint density at radius 3 is 2.96 bits per heavy atom. The molecule has 1 fully saturated rings. The van der Waals surface area contributed by atoms with Crippen LogP contribution in [-0.4, -0.2) is 16.8 Å². The molecule has 2 atom stereocenters. The van der Waals surface area contributed by atoms with Gasteiger partial charge in [-0.05, 0) is 67.6 Å². The number of amides is 1. The van der Waals surface area contributed by atoms with Gasteiger partial charge in [0.1, 0.15) is 5.82 Å². The van der Waals surface area contributed by atoms with Crippen LogP contribution < -0.4 is 11.1 Å². The molecule has 1 aliphatic heterocycles. The van der Waals surface area contributed by atoms with E-state index in [-0.39, 0.29) is 17.6 Å². The minimum atomic E-state index is -0.629. The van der Waals surface area contributed by atoms with Gasteiger partial charge < -0.3 is 11.1 Å². The molecule has 4 nitrogen and oxygen atoms in total. The number of hydrogen-bond acceptors (Lipinski definition) is 4. The molecule has 146 valence electrons. The van der Waals surface area contributed by atoms with Crippen molar-refractivity contribution in [1.29, 1.82) is 0 Å². The number of aliphatic imine (C=N–C) groups is 1. The molecule has 0 radical (unpaired) electrons. The maximum atomic E-state index is 14.8. The van der Waals surface area contributed by atoms with Crippen LogP contribution >= 0.6 is 23.4 Å². The second-order valence-electron chi connectivity index (χ2n) is 7.38. The van der Waals surface area contributed by atoms with Gasteiger partial charge in [-0.3, -0.25) is 9.79 Å². The monoisotopic (exact) mass is 417 g/mol. The van der Waals surface area contributed by atoms with Crippen molar-refractivity contribution >= 4 is 40.1 Å². The quantitative estimate of drug-likeness (QED) is 0.730. The number of fused-ring (bicyclic) bond motifs is 1. The number of rotatable bonds is 3. The van der Waals surface area contributed by atoms with E-state index in [1.807, 2.05) is 6.92 Å². The molecule has 1 heterocycles. The van der Waals surface area contributed by atoms with Crippen LogP contribution in [0.5, 0.6) is 0 Å². The normalized spacial score (nSPS) is 23.8. The zero-order chi connectivity index (χ0) is 19.9. The fourth-order valence-corrected chi connectivity index (χ4v) is 5.54. The van der Waals surface area contributed by atoms with Crippen molar-refractivity contribution in [2.45, 2.75) is 31.7 Å². The smallest absolute Gasteiger partial charge is 0.255 e. The van der Waals surface area contributed by atoms with Gasteiger partial charge in [0.2, 0.25) is 0 Å². The number of nitrogens with zero attached hydrogens (tertiary/aromatic N) is 1. The number of halogens is 2. The zero-order valence-corrected chi connectivity index (χ0v) is 17.0. The van der Waals surface area contributed by atoms with E-state index < -0.39 is 5.54 Å². The minimum Gasteiger partial charge on any atom is -0.379 e. The Bertz CT molecular complexity index is 980. The van der Waals surface area contributed by atoms with Gasteiger partial charge in [0, 0.05) is 27.6 Å². The summed E-state index contributed by atoms with van der Waals surface area (Å²) in [7, 11) is 0. The third kappa shape index (κ3) is 3.40. The first kappa shape index (κ1) is 19.3. The van der Waals surface area contributed by atoms with E-state index in [2.05, 4.69) is 5.32 Å². The Labute approximate surface area is 172 Å². The van der Waals surface area contributed by atoms with E-state index >= 15 is 0 Å². The average molecular weight is 418 g/mol. The molecule has 1 saturated carbocycles. The largest absolute Gasteiger partial charge is 0.379 e. The van der Waals surface area contributed by atoms with Crippen LogP contribution in [0, 0.1) is 18.7 Å². The third-order valence-corrected chi connectivity index (χ3v) is 6.84. The van der Waals surface area contributed by atoms with Crippen molar-refractivity contribution in [3.63, 3.8) is 0 Å². The topological polar surface area (TPSA) is 67.5 Å². The van der Waals surface area contributed by atoms with Gasteiger partial charge >= 0.3 is 0 Å². The molecule has 2 aromatic rings. The van der Waals surface area contributed by atoms with Crippen LogP contribution in [0.25, 0.3) is 0 Å². The fourth-order valence-electron chi connectivity index (χ4n) is 4.27. The molecule has 1 amide bonds. The third-order valence-electron chi connectivity index (χ3n) is 5.65. The first-order valence-corrected chi connectivity index (χ1v) is 10.6. The molecule has 0 bridgehead atoms. The van der Waals surface area contributed by atoms with Gasteiger partial charge in [-0.15, -0.1) is 0 Å². The van der Waals surface area contributed by atoms with Gasteiger partial charge in [-0.2, -0.15) is 0 Å². The van der Waals surface area contributed by atoms with Crippen molar-refractivity contribution in [2.75, 3.05) is 11.1 Å². The molecule has 4 rings (SSSR count). The van der Waals surface area contributed by atoms with Crippen LogP contribution in [0.3, 0.4) is 0 Å². The average Bonchev–Trinajstić information content (AvgIpc) is 3.07. The van der Waals surface area contributed by atoms with Crippen LogP contribution in [-0.2, 0) is 5.54 Å². The molecule has 2 aliphatic rings. The highest BCUT2D eigenvalue weighted by atomic mass is 35.5. The lowest BCUT2D eigenvalue weighted by atomic mass is 9.81. The molecule has 0 saturated heterocycles. The highest BCUT2D eigenvalue weighted by Gasteiger charge is 2.48. The molecule has 0 spiro atoms. The maximum Gasteiger partial charge on any atom is 0.255 e. The van der Waals surface area contributed by atoms with Crippen LogP contribution in [0.15, 0.2) is 41.4 Å². The molecule has 3 N–H and O–H groups in total. The summed E-state index contributed by atoms with van der Waals surface area (Å²) in [6.07, 6.45) is 2.76. The zero-order valence-electron chi connectivity index (χ0n) is 15.5. The number of anilines is 1. The summed E-state index contributed by atoms with van der Waals surface area (Å²) in [5, 5.41) is 3.96. The Balaban J connectivity index is 1.68. The summed E-state index contributed by atoms with van der Waals surface area (Å²) in [5.74, 6) is 0.532. The highest BCUT2D eigenvalue weighted by Crippen LogP contribution is 2.51. The van der Waals surface area contributed by atoms with Crippen LogP contribution in [0.2, 0.25) is 5.02 Å². The van der Waals surface area contributed by atoms with Gasteiger partial charge in [0.15, 0.2) is 5.17 Å². The van der Waals surface area contributed by atoms with E-state index in [0.717, 1.165) is 30.6 Å². The molecular weight excluding hydrogens is 397 g/mol. The van der Waals surface area contributed by atoms with Crippen molar-refractivity contribution in [3.8, 4) is 0 Å². The van der Waals surface area contributed by atoms with E-state index in [0.29, 0.717) is 27.0 Å². The molecule has 7 heteroatoms. The second-order valence-corrected chi connectivity index (χ2v) is 8.86. The van der Waals surface area contributed by atoms with Crippen molar-refractivity contribution < 1.29 is 9.18 Å². The molecule has 0 unspecified atom stereocenters. The summed E-state index contributed by atoms with van der Waals surface area (Å²) in [6.45, 7) is 1.83. The second kappa shape index (κ2) is 7.41. The van der Waals surface area contributed by atoms with Crippen LogP contribution in [0.1, 0.15) is 40.7 Å². The lowest BCUT2D eigenvalue weighted by Crippen LogP contribution is -2.37. The lowest BCUT2D eigenvalue weighted by molar-refractivity contribution is 0.102. The Morgan fingerprint density at radius 2 is 2.18 bits per heavy atom. The molecule has 0 aromatic heterocycles. The molecule has 2 aromatic carbocycles. The molecular formula is C21H21ClFN3OS. The Morgan fingerprint density at radius 1 is 1.36 bits per heavy atom. The van der Waals surface area contributed by atoms with Crippen molar-refractivity contribution in [1.82, 2.24) is 0 Å². The van der Waals surface area contributed by atoms with Crippen LogP contribution in [0.4, 0.5) is 10.1 Å². The van der Waals surface area contributed by atoms with Gasteiger partial charge in [0.25, 0.3) is 5.91 Å². The number of thioether (sulfide) groups is 1. The lowest BCUT2D eigenvalue weighted by Gasteiger charge is -2.36. The number of benzene rings is 2. The number of carbonyl (C=O) groups is 1. The Hall–Kier alpha value is -2.05. The minimum absolute atomic E-state index is 0.253. The number of aryl methyl sites for hydroxylation is 1. The highest BCUT2D eigenvalue weighted by molar-refractivity contribution is 8.13. The summed E-state index contributed by atoms with van der Waals surface area (Å²) >= 11 is 7.50. The van der Waals surface area contributed by atoms with Crippen molar-refractivity contribution in [2.24, 2.45) is 16.6 Å². The SMILES string of the molecule is Cc1cc(Cl)ccc1C(=O)Nc1ccc(F)c([C@]23CCC[C@H]2CSC(N)=N3)c1. The Kier molecular flexibility index (Phi) is 5.10. The first-order chi connectivity index (χ1) is 13.4. The summed E-state index contributed by atoms with van der Waals surface area (Å²) < 4.78 is 14.8. The number of nitrogens with two attached hydrogens (primary N) is 1. The maximum absolute atomic E-state index is 14.8. The summed E-state index contributed by atoms with van der Waals surface area (Å²) in [4.78, 5) is 17.4. The number of hydrogen-bond donors (Lipinski definition) is 2. The predicted molar refractivity (Wildman–Crippen MR) is 114 cm³/mol. The fraction of sp³-hybridized carbons (Fsp3) is 0.333. The van der Waals surface area contributed by atoms with Gasteiger partial charge in [-0.1, -0.05) is 29.8 Å². The van der Waals surface area contributed by atoms with E-state index in [1.54, 1.807) is 30.3 Å². The van der Waals surface area contributed by atoms with Crippen molar-refractivity contribution in [3.05, 3.63) is 63.9 Å². The number of carbonyl (C=O) groups excluding carboxylic acids is 1.